The molecule has 232 valence electrons. The molecule has 0 bridgehead atoms. The predicted molar refractivity (Wildman–Crippen MR) is 167 cm³/mol. The van der Waals surface area contributed by atoms with Gasteiger partial charge in [-0.05, 0) is 47.7 Å². The molecule has 2 aliphatic rings. The zero-order valence-corrected chi connectivity index (χ0v) is 25.1. The van der Waals surface area contributed by atoms with Crippen molar-refractivity contribution in [2.24, 2.45) is 5.92 Å². The largest absolute Gasteiger partial charge is 0.496 e. The Bertz CT molecular complexity index is 1720. The van der Waals surface area contributed by atoms with E-state index in [1.165, 1.54) is 0 Å². The van der Waals surface area contributed by atoms with E-state index in [4.69, 9.17) is 9.47 Å². The Labute approximate surface area is 261 Å². The number of carbonyl (C=O) groups is 4. The molecule has 3 heterocycles. The number of nitrogens with one attached hydrogen (secondary N) is 3. The standard InChI is InChI=1S/C35H36N4O6/c1-44-32-13-7-12-27-26(32)18-29(37-27)35(43)39-19-25-11-6-5-10-23(25)17-30(39)34(42)38-28(16-24-14-15-36-33(24)41)31(40)21-45-20-22-8-3-2-4-9-22/h2-13,18,24,28,30,37H,14-17,19-21H2,1H3,(H,36,41)(H,38,42). The molecule has 1 aromatic heterocycles. The van der Waals surface area contributed by atoms with Gasteiger partial charge in [-0.15, -0.1) is 0 Å². The second-order valence-electron chi connectivity index (χ2n) is 11.5. The van der Waals surface area contributed by atoms with E-state index in [1.54, 1.807) is 18.1 Å². The van der Waals surface area contributed by atoms with Gasteiger partial charge < -0.3 is 30.0 Å². The number of benzene rings is 3. The topological polar surface area (TPSA) is 130 Å². The highest BCUT2D eigenvalue weighted by Crippen LogP contribution is 2.30. The molecule has 0 saturated carbocycles. The van der Waals surface area contributed by atoms with Crippen LogP contribution in [0.4, 0.5) is 0 Å². The molecule has 3 aromatic carbocycles. The molecule has 2 aliphatic heterocycles. The number of methoxy groups -OCH3 is 1. The predicted octanol–water partition coefficient (Wildman–Crippen LogP) is 3.54. The van der Waals surface area contributed by atoms with Crippen LogP contribution in [0.2, 0.25) is 0 Å². The first-order chi connectivity index (χ1) is 21.9. The lowest BCUT2D eigenvalue weighted by Crippen LogP contribution is -2.56. The summed E-state index contributed by atoms with van der Waals surface area (Å²) in [6.45, 7) is 0.776. The van der Waals surface area contributed by atoms with Gasteiger partial charge in [-0.25, -0.2) is 0 Å². The van der Waals surface area contributed by atoms with Crippen LogP contribution in [-0.2, 0) is 38.7 Å². The molecule has 3 atom stereocenters. The van der Waals surface area contributed by atoms with E-state index in [-0.39, 0.29) is 50.2 Å². The van der Waals surface area contributed by atoms with Gasteiger partial charge in [0.15, 0.2) is 5.78 Å². The van der Waals surface area contributed by atoms with Gasteiger partial charge >= 0.3 is 0 Å². The third-order valence-corrected chi connectivity index (χ3v) is 8.63. The summed E-state index contributed by atoms with van der Waals surface area (Å²) < 4.78 is 11.2. The summed E-state index contributed by atoms with van der Waals surface area (Å²) in [6.07, 6.45) is 1.02. The van der Waals surface area contributed by atoms with Crippen LogP contribution in [0.1, 0.15) is 40.0 Å². The van der Waals surface area contributed by atoms with Gasteiger partial charge in [0.2, 0.25) is 11.8 Å². The zero-order valence-electron chi connectivity index (χ0n) is 25.1. The maximum absolute atomic E-state index is 14.1. The van der Waals surface area contributed by atoms with Gasteiger partial charge in [0.05, 0.1) is 19.8 Å². The lowest BCUT2D eigenvalue weighted by atomic mass is 9.92. The van der Waals surface area contributed by atoms with Crippen molar-refractivity contribution in [3.8, 4) is 5.75 Å². The Hall–Kier alpha value is -4.96. The fraction of sp³-hybridized carbons (Fsp3) is 0.314. The molecule has 1 fully saturated rings. The fourth-order valence-corrected chi connectivity index (χ4v) is 6.18. The van der Waals surface area contributed by atoms with Crippen LogP contribution in [0.5, 0.6) is 5.75 Å². The van der Waals surface area contributed by atoms with Gasteiger partial charge in [0, 0.05) is 36.3 Å². The molecule has 0 radical (unpaired) electrons. The minimum Gasteiger partial charge on any atom is -0.496 e. The number of carbonyl (C=O) groups excluding carboxylic acids is 4. The maximum Gasteiger partial charge on any atom is 0.271 e. The smallest absolute Gasteiger partial charge is 0.271 e. The number of H-pyrrole nitrogens is 1. The molecule has 10 heteroatoms. The summed E-state index contributed by atoms with van der Waals surface area (Å²) in [5.74, 6) is -1.02. The first-order valence-corrected chi connectivity index (χ1v) is 15.2. The highest BCUT2D eigenvalue weighted by atomic mass is 16.5. The third kappa shape index (κ3) is 6.61. The van der Waals surface area contributed by atoms with Gasteiger partial charge in [-0.3, -0.25) is 19.2 Å². The summed E-state index contributed by atoms with van der Waals surface area (Å²) in [7, 11) is 1.57. The second-order valence-corrected chi connectivity index (χ2v) is 11.5. The number of ether oxygens (including phenoxy) is 2. The summed E-state index contributed by atoms with van der Waals surface area (Å²) >= 11 is 0. The van der Waals surface area contributed by atoms with Crippen LogP contribution < -0.4 is 15.4 Å². The Kier molecular flexibility index (Phi) is 8.93. The monoisotopic (exact) mass is 608 g/mol. The molecule has 1 saturated heterocycles. The summed E-state index contributed by atoms with van der Waals surface area (Å²) in [6, 6.07) is 22.7. The highest BCUT2D eigenvalue weighted by Gasteiger charge is 2.38. The number of rotatable bonds is 11. The van der Waals surface area contributed by atoms with E-state index >= 15 is 0 Å². The Morgan fingerprint density at radius 3 is 2.53 bits per heavy atom. The van der Waals surface area contributed by atoms with Crippen molar-refractivity contribution in [3.63, 3.8) is 0 Å². The summed E-state index contributed by atoms with van der Waals surface area (Å²) in [5, 5.41) is 6.49. The number of hydrogen-bond donors (Lipinski definition) is 3. The quantitative estimate of drug-likeness (QED) is 0.239. The van der Waals surface area contributed by atoms with Crippen LogP contribution in [-0.4, -0.2) is 65.7 Å². The molecule has 10 nitrogen and oxygen atoms in total. The van der Waals surface area contributed by atoms with Crippen LogP contribution in [0.15, 0.2) is 78.9 Å². The minimum atomic E-state index is -0.950. The SMILES string of the molecule is COc1cccc2[nH]c(C(=O)N3Cc4ccccc4CC3C(=O)NC(CC3CCNC3=O)C(=O)COCc3ccccc3)cc12. The van der Waals surface area contributed by atoms with Crippen molar-refractivity contribution in [1.82, 2.24) is 20.5 Å². The van der Waals surface area contributed by atoms with Gasteiger partial charge in [0.1, 0.15) is 24.1 Å². The van der Waals surface area contributed by atoms with E-state index in [0.717, 1.165) is 27.6 Å². The lowest BCUT2D eigenvalue weighted by Gasteiger charge is -2.36. The molecular weight excluding hydrogens is 572 g/mol. The molecule has 3 N–H and O–H groups in total. The molecule has 3 unspecified atom stereocenters. The third-order valence-electron chi connectivity index (χ3n) is 8.63. The summed E-state index contributed by atoms with van der Waals surface area (Å²) in [4.78, 5) is 58.8. The Morgan fingerprint density at radius 1 is 1.00 bits per heavy atom. The number of fused-ring (bicyclic) bond motifs is 2. The van der Waals surface area contributed by atoms with Crippen molar-refractivity contribution in [1.29, 1.82) is 0 Å². The molecule has 4 aromatic rings. The van der Waals surface area contributed by atoms with E-state index in [1.807, 2.05) is 72.8 Å². The molecule has 3 amide bonds. The first kappa shape index (κ1) is 30.1. The number of Topliss-reactive ketones (excluding diaryl/α,β-unsaturated/α-hetero) is 1. The van der Waals surface area contributed by atoms with Gasteiger partial charge in [-0.2, -0.15) is 0 Å². The fourth-order valence-electron chi connectivity index (χ4n) is 6.18. The Morgan fingerprint density at radius 2 is 1.78 bits per heavy atom. The first-order valence-electron chi connectivity index (χ1n) is 15.2. The lowest BCUT2D eigenvalue weighted by molar-refractivity contribution is -0.134. The number of aromatic amines is 1. The Balaban J connectivity index is 1.24. The van der Waals surface area contributed by atoms with Crippen LogP contribution in [0.3, 0.4) is 0 Å². The van der Waals surface area contributed by atoms with Gasteiger partial charge in [-0.1, -0.05) is 60.7 Å². The number of aromatic nitrogens is 1. The van der Waals surface area contributed by atoms with Crippen molar-refractivity contribution in [2.75, 3.05) is 20.3 Å². The van der Waals surface area contributed by atoms with Crippen molar-refractivity contribution >= 4 is 34.4 Å². The second kappa shape index (κ2) is 13.4. The maximum atomic E-state index is 14.1. The molecule has 6 rings (SSSR count). The molecule has 0 aliphatic carbocycles. The van der Waals surface area contributed by atoms with Crippen LogP contribution in [0, 0.1) is 5.92 Å². The molecule has 45 heavy (non-hydrogen) atoms. The van der Waals surface area contributed by atoms with E-state index in [9.17, 15) is 19.2 Å². The number of nitrogens with zero attached hydrogens (tertiary/aromatic N) is 1. The van der Waals surface area contributed by atoms with Crippen molar-refractivity contribution in [2.45, 2.75) is 44.5 Å². The normalized spacial score (nSPS) is 18.2. The van der Waals surface area contributed by atoms with Crippen molar-refractivity contribution < 1.29 is 28.7 Å². The molecule has 0 spiro atoms. The average Bonchev–Trinajstić information content (AvgIpc) is 3.69. The van der Waals surface area contributed by atoms with Crippen LogP contribution in [0.25, 0.3) is 10.9 Å². The zero-order chi connectivity index (χ0) is 31.3. The number of ketones is 1. The van der Waals surface area contributed by atoms with Crippen molar-refractivity contribution in [3.05, 3.63) is 101 Å². The van der Waals surface area contributed by atoms with E-state index < -0.39 is 23.9 Å². The molecular formula is C35H36N4O6. The van der Waals surface area contributed by atoms with E-state index in [0.29, 0.717) is 24.4 Å². The van der Waals surface area contributed by atoms with Gasteiger partial charge in [0.25, 0.3) is 5.91 Å². The minimum absolute atomic E-state index is 0.134. The summed E-state index contributed by atoms with van der Waals surface area (Å²) in [5.41, 5.74) is 3.91. The average molecular weight is 609 g/mol. The highest BCUT2D eigenvalue weighted by molar-refractivity contribution is 6.02. The van der Waals surface area contributed by atoms with Crippen LogP contribution >= 0.6 is 0 Å². The van der Waals surface area contributed by atoms with E-state index in [2.05, 4.69) is 15.6 Å². The number of hydrogen-bond acceptors (Lipinski definition) is 6. The number of amides is 3.